The van der Waals surface area contributed by atoms with Crippen molar-refractivity contribution in [3.05, 3.63) is 53.6 Å². The predicted molar refractivity (Wildman–Crippen MR) is 155 cm³/mol. The Morgan fingerprint density at radius 1 is 0.881 bits per heavy atom. The van der Waals surface area contributed by atoms with Gasteiger partial charge in [0.05, 0.1) is 5.92 Å². The number of carbonyl (C=O) groups is 1. The van der Waals surface area contributed by atoms with Gasteiger partial charge in [-0.25, -0.2) is 0 Å². The number of halogens is 5. The molecule has 0 radical (unpaired) electrons. The van der Waals surface area contributed by atoms with Gasteiger partial charge in [0.25, 0.3) is 0 Å². The topological polar surface area (TPSA) is 77.8 Å². The fraction of sp³-hybridized carbons (Fsp3) is 0.594. The molecule has 0 aliphatic carbocycles. The molecule has 4 nitrogen and oxygen atoms in total. The normalized spacial score (nSPS) is 19.8. The van der Waals surface area contributed by atoms with Crippen LogP contribution in [-0.4, -0.2) is 39.1 Å². The number of aliphatic carboxylic acids is 1. The van der Waals surface area contributed by atoms with Crippen molar-refractivity contribution in [2.45, 2.75) is 112 Å². The Morgan fingerprint density at radius 3 is 2.07 bits per heavy atom. The number of benzene rings is 2. The Kier molecular flexibility index (Phi) is 12.0. The van der Waals surface area contributed by atoms with Crippen molar-refractivity contribution in [2.75, 3.05) is 5.75 Å². The number of hydrogen-bond donors (Lipinski definition) is 3. The van der Waals surface area contributed by atoms with E-state index in [1.807, 2.05) is 24.3 Å². The Balaban J connectivity index is 1.42. The second kappa shape index (κ2) is 14.8. The summed E-state index contributed by atoms with van der Waals surface area (Å²) in [5.41, 5.74) is 2.25. The molecule has 234 valence electrons. The van der Waals surface area contributed by atoms with E-state index in [0.717, 1.165) is 49.2 Å². The van der Waals surface area contributed by atoms with E-state index in [-0.39, 0.29) is 42.1 Å². The van der Waals surface area contributed by atoms with Gasteiger partial charge < -0.3 is 15.3 Å². The molecule has 0 amide bonds. The maximum Gasteiger partial charge on any atom is 0.453 e. The number of carboxylic acid groups (broad SMARTS) is 1. The molecule has 2 aromatic rings. The van der Waals surface area contributed by atoms with Gasteiger partial charge in [-0.05, 0) is 67.0 Å². The van der Waals surface area contributed by atoms with Crippen molar-refractivity contribution >= 4 is 17.7 Å². The van der Waals surface area contributed by atoms with E-state index in [1.54, 1.807) is 30.0 Å². The van der Waals surface area contributed by atoms with E-state index in [9.17, 15) is 42.1 Å². The third-order valence-electron chi connectivity index (χ3n) is 8.55. The molecular formula is C32H41F5O4S. The molecule has 0 aromatic heterocycles. The molecule has 1 unspecified atom stereocenters. The van der Waals surface area contributed by atoms with Crippen LogP contribution in [0.3, 0.4) is 0 Å². The first kappa shape index (κ1) is 34.0. The fourth-order valence-corrected chi connectivity index (χ4v) is 7.33. The minimum atomic E-state index is -5.57. The molecule has 0 bridgehead atoms. The van der Waals surface area contributed by atoms with Gasteiger partial charge in [0.2, 0.25) is 0 Å². The molecule has 42 heavy (non-hydrogen) atoms. The molecule has 3 rings (SSSR count). The van der Waals surface area contributed by atoms with Crippen LogP contribution in [0.1, 0.15) is 101 Å². The van der Waals surface area contributed by atoms with Crippen molar-refractivity contribution in [1.29, 1.82) is 0 Å². The smallest absolute Gasteiger partial charge is 0.453 e. The quantitative estimate of drug-likeness (QED) is 0.129. The zero-order valence-electron chi connectivity index (χ0n) is 23.9. The van der Waals surface area contributed by atoms with Crippen LogP contribution in [0, 0.1) is 5.92 Å². The number of carboxylic acids is 1. The molecule has 0 fully saturated rings. The maximum absolute atomic E-state index is 13.0. The van der Waals surface area contributed by atoms with E-state index in [0.29, 0.717) is 12.8 Å². The third-order valence-corrected chi connectivity index (χ3v) is 9.96. The highest BCUT2D eigenvalue weighted by Crippen LogP contribution is 2.52. The predicted octanol–water partition coefficient (Wildman–Crippen LogP) is 9.82. The average molecular weight is 617 g/mol. The van der Waals surface area contributed by atoms with Gasteiger partial charge in [0.15, 0.2) is 0 Å². The first-order chi connectivity index (χ1) is 19.7. The van der Waals surface area contributed by atoms with Crippen molar-refractivity contribution in [3.63, 3.8) is 0 Å². The zero-order chi connectivity index (χ0) is 31.0. The van der Waals surface area contributed by atoms with Crippen LogP contribution in [0.15, 0.2) is 47.4 Å². The highest BCUT2D eigenvalue weighted by atomic mass is 32.2. The Labute approximate surface area is 248 Å². The van der Waals surface area contributed by atoms with Gasteiger partial charge in [-0.15, -0.1) is 11.8 Å². The summed E-state index contributed by atoms with van der Waals surface area (Å²) in [6.07, 6.45) is -0.335. The number of alkyl halides is 5. The van der Waals surface area contributed by atoms with Crippen LogP contribution >= 0.6 is 11.8 Å². The van der Waals surface area contributed by atoms with Crippen molar-refractivity contribution in [2.24, 2.45) is 5.92 Å². The van der Waals surface area contributed by atoms with E-state index in [4.69, 9.17) is 0 Å². The minimum absolute atomic E-state index is 0.0219. The molecule has 0 saturated carbocycles. The Hall–Kier alpha value is -2.49. The molecule has 1 aliphatic heterocycles. The van der Waals surface area contributed by atoms with Gasteiger partial charge >= 0.3 is 18.1 Å². The van der Waals surface area contributed by atoms with Gasteiger partial charge in [-0.2, -0.15) is 22.0 Å². The van der Waals surface area contributed by atoms with Gasteiger partial charge in [-0.1, -0.05) is 70.1 Å². The Morgan fingerprint density at radius 2 is 1.45 bits per heavy atom. The van der Waals surface area contributed by atoms with Crippen LogP contribution < -0.4 is 0 Å². The van der Waals surface area contributed by atoms with E-state index in [1.165, 1.54) is 11.1 Å². The molecule has 1 aliphatic rings. The maximum atomic E-state index is 13.0. The summed E-state index contributed by atoms with van der Waals surface area (Å²) in [6.45, 7) is 2.26. The number of thioether (sulfide) groups is 1. The molecule has 3 atom stereocenters. The van der Waals surface area contributed by atoms with Crippen molar-refractivity contribution in [1.82, 2.24) is 0 Å². The zero-order valence-corrected chi connectivity index (χ0v) is 24.8. The highest BCUT2D eigenvalue weighted by Gasteiger charge is 2.56. The van der Waals surface area contributed by atoms with Crippen LogP contribution in [0.2, 0.25) is 0 Å². The summed E-state index contributed by atoms with van der Waals surface area (Å²) in [4.78, 5) is 12.6. The summed E-state index contributed by atoms with van der Waals surface area (Å²) in [6, 6.07) is 13.0. The number of unbranched alkanes of at least 4 members (excludes halogenated alkanes) is 6. The van der Waals surface area contributed by atoms with E-state index in [2.05, 4.69) is 6.92 Å². The van der Waals surface area contributed by atoms with Crippen molar-refractivity contribution < 1.29 is 42.1 Å². The molecule has 0 saturated heterocycles. The number of aromatic hydroxyl groups is 2. The number of rotatable bonds is 16. The standard InChI is InChI=1S/C32H41F5O4S/c1-30(23-13-15-24(38)16-14-23)21-42-28-20-25(39)17-18-26(28)27(30)12-7-5-3-2-4-6-10-22(29(40)41)11-8-9-19-31(33,34)32(35,36)37/h13-18,20,22,27,38-39H,2-12,19,21H2,1H3,(H,40,41)/t22?,27-,30-/m1/s1. The van der Waals surface area contributed by atoms with Gasteiger partial charge in [0, 0.05) is 22.5 Å². The first-order valence-corrected chi connectivity index (χ1v) is 15.7. The lowest BCUT2D eigenvalue weighted by Gasteiger charge is -2.43. The van der Waals surface area contributed by atoms with Gasteiger partial charge in [0.1, 0.15) is 11.5 Å². The lowest BCUT2D eigenvalue weighted by molar-refractivity contribution is -0.284. The van der Waals surface area contributed by atoms with Crippen LogP contribution in [-0.2, 0) is 10.2 Å². The molecule has 0 spiro atoms. The number of phenols is 2. The van der Waals surface area contributed by atoms with Gasteiger partial charge in [-0.3, -0.25) is 4.79 Å². The molecular weight excluding hydrogens is 575 g/mol. The minimum Gasteiger partial charge on any atom is -0.508 e. The summed E-state index contributed by atoms with van der Waals surface area (Å²) in [5, 5.41) is 29.2. The molecule has 3 N–H and O–H groups in total. The van der Waals surface area contributed by atoms with Crippen LogP contribution in [0.5, 0.6) is 11.5 Å². The van der Waals surface area contributed by atoms with Crippen LogP contribution in [0.25, 0.3) is 0 Å². The summed E-state index contributed by atoms with van der Waals surface area (Å²) < 4.78 is 63.0. The second-order valence-electron chi connectivity index (χ2n) is 11.7. The summed E-state index contributed by atoms with van der Waals surface area (Å²) in [7, 11) is 0. The van der Waals surface area contributed by atoms with Crippen LogP contribution in [0.4, 0.5) is 22.0 Å². The molecule has 10 heteroatoms. The number of hydrogen-bond acceptors (Lipinski definition) is 4. The first-order valence-electron chi connectivity index (χ1n) is 14.7. The lowest BCUT2D eigenvalue weighted by Crippen LogP contribution is -2.36. The fourth-order valence-electron chi connectivity index (χ4n) is 5.93. The summed E-state index contributed by atoms with van der Waals surface area (Å²) in [5.74, 6) is -4.92. The monoisotopic (exact) mass is 616 g/mol. The number of phenolic OH excluding ortho intramolecular Hbond substituents is 2. The van der Waals surface area contributed by atoms with E-state index < -0.39 is 30.4 Å². The summed E-state index contributed by atoms with van der Waals surface area (Å²) >= 11 is 1.73. The molecule has 1 heterocycles. The lowest BCUT2D eigenvalue weighted by atomic mass is 9.68. The SMILES string of the molecule is C[C@]1(c2ccc(O)cc2)CSc2cc(O)ccc2[C@H]1CCCCCCCCC(CCCCC(F)(F)C(F)(F)F)C(=O)O. The van der Waals surface area contributed by atoms with Crippen molar-refractivity contribution in [3.8, 4) is 11.5 Å². The largest absolute Gasteiger partial charge is 0.508 e. The average Bonchev–Trinajstić information content (AvgIpc) is 2.91. The number of fused-ring (bicyclic) bond motifs is 1. The van der Waals surface area contributed by atoms with E-state index >= 15 is 0 Å². The highest BCUT2D eigenvalue weighted by molar-refractivity contribution is 7.99. The third kappa shape index (κ3) is 9.01. The Bertz CT molecular complexity index is 1150. The molecule has 2 aromatic carbocycles. The second-order valence-corrected chi connectivity index (χ2v) is 12.7.